The van der Waals surface area contributed by atoms with Crippen LogP contribution in [0.25, 0.3) is 11.4 Å². The number of nitrogens with two attached hydrogens (primary N) is 1. The molecule has 2 rings (SSSR count). The maximum atomic E-state index is 5.96. The van der Waals surface area contributed by atoms with Gasteiger partial charge in [0.05, 0.1) is 0 Å². The fourth-order valence-electron chi connectivity index (χ4n) is 1.70. The lowest BCUT2D eigenvalue weighted by molar-refractivity contribution is 0.347. The first-order chi connectivity index (χ1) is 8.59. The molecule has 0 fully saturated rings. The summed E-state index contributed by atoms with van der Waals surface area (Å²) in [5.74, 6) is 1.84. The first-order valence-electron chi connectivity index (χ1n) is 6.20. The highest BCUT2D eigenvalue weighted by Gasteiger charge is 2.15. The smallest absolute Gasteiger partial charge is 0.184 e. The number of aromatic nitrogens is 4. The van der Waals surface area contributed by atoms with Gasteiger partial charge < -0.3 is 5.73 Å². The Hall–Kier alpha value is -1.91. The van der Waals surface area contributed by atoms with Crippen molar-refractivity contribution < 1.29 is 0 Å². The number of hydrogen-bond donors (Lipinski definition) is 1. The molecular formula is C13H19N5. The van der Waals surface area contributed by atoms with E-state index in [1.165, 1.54) is 0 Å². The van der Waals surface area contributed by atoms with Gasteiger partial charge in [0.2, 0.25) is 0 Å². The molecule has 1 unspecified atom stereocenters. The molecule has 0 radical (unpaired) electrons. The third-order valence-electron chi connectivity index (χ3n) is 3.33. The Balaban J connectivity index is 2.31. The largest absolute Gasteiger partial charge is 0.398 e. The van der Waals surface area contributed by atoms with Crippen LogP contribution in [0.3, 0.4) is 0 Å². The van der Waals surface area contributed by atoms with Crippen molar-refractivity contribution in [3.8, 4) is 11.4 Å². The molecule has 18 heavy (non-hydrogen) atoms. The number of rotatable bonds is 4. The second-order valence-corrected chi connectivity index (χ2v) is 4.99. The number of benzene rings is 1. The zero-order valence-corrected chi connectivity index (χ0v) is 11.0. The molecule has 1 atom stereocenters. The van der Waals surface area contributed by atoms with Crippen molar-refractivity contribution in [1.29, 1.82) is 0 Å². The van der Waals surface area contributed by atoms with E-state index in [0.29, 0.717) is 17.5 Å². The first-order valence-corrected chi connectivity index (χ1v) is 6.20. The average Bonchev–Trinajstić information content (AvgIpc) is 2.77. The molecule has 2 aromatic rings. The molecule has 1 aromatic carbocycles. The molecular weight excluding hydrogens is 226 g/mol. The average molecular weight is 245 g/mol. The number of nitrogens with zero attached hydrogens (tertiary/aromatic N) is 4. The van der Waals surface area contributed by atoms with Gasteiger partial charge >= 0.3 is 0 Å². The summed E-state index contributed by atoms with van der Waals surface area (Å²) >= 11 is 0. The Bertz CT molecular complexity index is 518. The Morgan fingerprint density at radius 3 is 2.61 bits per heavy atom. The van der Waals surface area contributed by atoms with E-state index in [1.807, 2.05) is 28.9 Å². The van der Waals surface area contributed by atoms with Crippen LogP contribution in [0, 0.1) is 11.8 Å². The van der Waals surface area contributed by atoms with E-state index in [-0.39, 0.29) is 0 Å². The van der Waals surface area contributed by atoms with Gasteiger partial charge in [0, 0.05) is 17.8 Å². The van der Waals surface area contributed by atoms with Crippen LogP contribution < -0.4 is 5.73 Å². The standard InChI is InChI=1S/C13H19N5/c1-9(2)10(3)8-18-13(15-16-17-18)11-6-4-5-7-12(11)14/h4-7,9-10H,8,14H2,1-3H3. The molecule has 5 nitrogen and oxygen atoms in total. The molecule has 2 N–H and O–H groups in total. The lowest BCUT2D eigenvalue weighted by Crippen LogP contribution is -2.15. The zero-order chi connectivity index (χ0) is 13.1. The highest BCUT2D eigenvalue weighted by molar-refractivity contribution is 5.70. The maximum Gasteiger partial charge on any atom is 0.184 e. The van der Waals surface area contributed by atoms with Gasteiger partial charge in [-0.05, 0) is 34.4 Å². The van der Waals surface area contributed by atoms with Crippen LogP contribution in [0.5, 0.6) is 0 Å². The fourth-order valence-corrected chi connectivity index (χ4v) is 1.70. The van der Waals surface area contributed by atoms with Crippen molar-refractivity contribution in [3.05, 3.63) is 24.3 Å². The highest BCUT2D eigenvalue weighted by Crippen LogP contribution is 2.23. The van der Waals surface area contributed by atoms with Crippen molar-refractivity contribution in [3.63, 3.8) is 0 Å². The van der Waals surface area contributed by atoms with Crippen molar-refractivity contribution in [1.82, 2.24) is 20.2 Å². The summed E-state index contributed by atoms with van der Waals surface area (Å²) < 4.78 is 1.83. The quantitative estimate of drug-likeness (QED) is 0.838. The van der Waals surface area contributed by atoms with Crippen molar-refractivity contribution >= 4 is 5.69 Å². The van der Waals surface area contributed by atoms with E-state index in [4.69, 9.17) is 5.73 Å². The summed E-state index contributed by atoms with van der Waals surface area (Å²) in [5, 5.41) is 11.9. The van der Waals surface area contributed by atoms with E-state index in [1.54, 1.807) is 0 Å². The van der Waals surface area contributed by atoms with Crippen LogP contribution in [0.1, 0.15) is 20.8 Å². The van der Waals surface area contributed by atoms with Gasteiger partial charge in [-0.15, -0.1) is 5.10 Å². The van der Waals surface area contributed by atoms with E-state index in [0.717, 1.165) is 17.9 Å². The zero-order valence-electron chi connectivity index (χ0n) is 11.0. The number of tetrazole rings is 1. The number of hydrogen-bond acceptors (Lipinski definition) is 4. The minimum Gasteiger partial charge on any atom is -0.398 e. The summed E-state index contributed by atoms with van der Waals surface area (Å²) in [5.41, 5.74) is 7.55. The Morgan fingerprint density at radius 2 is 1.94 bits per heavy atom. The molecule has 0 aliphatic rings. The van der Waals surface area contributed by atoms with Gasteiger partial charge in [0.15, 0.2) is 5.82 Å². The lowest BCUT2D eigenvalue weighted by atomic mass is 9.98. The molecule has 1 heterocycles. The third kappa shape index (κ3) is 2.50. The van der Waals surface area contributed by atoms with E-state index < -0.39 is 0 Å². The van der Waals surface area contributed by atoms with Crippen LogP contribution in [0.4, 0.5) is 5.69 Å². The minimum absolute atomic E-state index is 0.511. The molecule has 0 bridgehead atoms. The van der Waals surface area contributed by atoms with Gasteiger partial charge in [-0.2, -0.15) is 0 Å². The van der Waals surface area contributed by atoms with E-state index >= 15 is 0 Å². The lowest BCUT2D eigenvalue weighted by Gasteiger charge is -2.16. The Kier molecular flexibility index (Phi) is 3.60. The minimum atomic E-state index is 0.511. The molecule has 0 saturated heterocycles. The highest BCUT2D eigenvalue weighted by atomic mass is 15.5. The summed E-state index contributed by atoms with van der Waals surface area (Å²) in [6.07, 6.45) is 0. The second-order valence-electron chi connectivity index (χ2n) is 4.99. The molecule has 5 heteroatoms. The van der Waals surface area contributed by atoms with Crippen molar-refractivity contribution in [2.45, 2.75) is 27.3 Å². The molecule has 96 valence electrons. The fraction of sp³-hybridized carbons (Fsp3) is 0.462. The predicted octanol–water partition coefficient (Wildman–Crippen LogP) is 2.21. The molecule has 0 aliphatic carbocycles. The second kappa shape index (κ2) is 5.16. The van der Waals surface area contributed by atoms with Crippen molar-refractivity contribution in [2.75, 3.05) is 5.73 Å². The van der Waals surface area contributed by atoms with Gasteiger partial charge in [-0.1, -0.05) is 32.9 Å². The van der Waals surface area contributed by atoms with Crippen LogP contribution in [0.2, 0.25) is 0 Å². The topological polar surface area (TPSA) is 69.6 Å². The molecule has 1 aromatic heterocycles. The van der Waals surface area contributed by atoms with Gasteiger partial charge in [0.1, 0.15) is 0 Å². The SMILES string of the molecule is CC(C)C(C)Cn1nnnc1-c1ccccc1N. The van der Waals surface area contributed by atoms with E-state index in [9.17, 15) is 0 Å². The summed E-state index contributed by atoms with van der Waals surface area (Å²) in [7, 11) is 0. The molecule has 0 saturated carbocycles. The van der Waals surface area contributed by atoms with Gasteiger partial charge in [0.25, 0.3) is 0 Å². The van der Waals surface area contributed by atoms with Crippen LogP contribution in [-0.4, -0.2) is 20.2 Å². The molecule has 0 amide bonds. The van der Waals surface area contributed by atoms with Gasteiger partial charge in [-0.25, -0.2) is 4.68 Å². The normalized spacial score (nSPS) is 12.9. The van der Waals surface area contributed by atoms with Crippen LogP contribution in [0.15, 0.2) is 24.3 Å². The first kappa shape index (κ1) is 12.5. The van der Waals surface area contributed by atoms with Crippen LogP contribution in [-0.2, 0) is 6.54 Å². The summed E-state index contributed by atoms with van der Waals surface area (Å²) in [4.78, 5) is 0. The summed E-state index contributed by atoms with van der Waals surface area (Å²) in [6, 6.07) is 7.65. The monoisotopic (exact) mass is 245 g/mol. The number of nitrogen functional groups attached to an aromatic ring is 1. The third-order valence-corrected chi connectivity index (χ3v) is 3.33. The predicted molar refractivity (Wildman–Crippen MR) is 71.7 cm³/mol. The molecule has 0 spiro atoms. The van der Waals surface area contributed by atoms with Crippen molar-refractivity contribution in [2.24, 2.45) is 11.8 Å². The molecule has 0 aliphatic heterocycles. The Morgan fingerprint density at radius 1 is 1.22 bits per heavy atom. The Labute approximate surface area is 107 Å². The van der Waals surface area contributed by atoms with Crippen LogP contribution >= 0.6 is 0 Å². The van der Waals surface area contributed by atoms with E-state index in [2.05, 4.69) is 36.3 Å². The number of anilines is 1. The maximum absolute atomic E-state index is 5.96. The summed E-state index contributed by atoms with van der Waals surface area (Å²) in [6.45, 7) is 7.40. The number of para-hydroxylation sites is 1. The van der Waals surface area contributed by atoms with Gasteiger partial charge in [-0.3, -0.25) is 0 Å².